The zero-order valence-corrected chi connectivity index (χ0v) is 8.42. The van der Waals surface area contributed by atoms with Crippen molar-refractivity contribution in [2.75, 3.05) is 0 Å². The maximum Gasteiger partial charge on any atom is 0.159 e. The van der Waals surface area contributed by atoms with Crippen molar-refractivity contribution in [2.24, 2.45) is 0 Å². The summed E-state index contributed by atoms with van der Waals surface area (Å²) in [4.78, 5) is 14.9. The van der Waals surface area contributed by atoms with Gasteiger partial charge in [-0.15, -0.1) is 0 Å². The molecule has 0 aliphatic carbocycles. The van der Waals surface area contributed by atoms with E-state index < -0.39 is 0 Å². The molecule has 2 aromatic rings. The molecule has 0 saturated carbocycles. The van der Waals surface area contributed by atoms with Crippen LogP contribution in [0.5, 0.6) is 0 Å². The molecule has 0 aliphatic rings. The zero-order chi connectivity index (χ0) is 10.7. The Morgan fingerprint density at radius 1 is 1.33 bits per heavy atom. The van der Waals surface area contributed by atoms with Crippen LogP contribution in [-0.2, 0) is 6.54 Å². The molecule has 0 fully saturated rings. The van der Waals surface area contributed by atoms with Crippen LogP contribution >= 0.6 is 0 Å². The number of carbonyl (C=O) groups excluding carboxylic acids is 1. The van der Waals surface area contributed by atoms with E-state index in [1.54, 1.807) is 17.9 Å². The summed E-state index contributed by atoms with van der Waals surface area (Å²) in [5, 5.41) is 4.01. The predicted molar refractivity (Wildman–Crippen MR) is 55.6 cm³/mol. The second-order valence-electron chi connectivity index (χ2n) is 3.35. The van der Waals surface area contributed by atoms with Gasteiger partial charge in [0, 0.05) is 5.56 Å². The molecule has 0 aliphatic heterocycles. The SMILES string of the molecule is CC(=O)c1ccc(Cn2cncn2)cc1. The summed E-state index contributed by atoms with van der Waals surface area (Å²) in [6, 6.07) is 7.51. The van der Waals surface area contributed by atoms with Gasteiger partial charge < -0.3 is 0 Å². The molecule has 0 atom stereocenters. The third kappa shape index (κ3) is 2.28. The molecule has 1 heterocycles. The number of ketones is 1. The Hall–Kier alpha value is -1.97. The van der Waals surface area contributed by atoms with E-state index in [1.807, 2.05) is 24.3 Å². The second-order valence-corrected chi connectivity index (χ2v) is 3.35. The lowest BCUT2D eigenvalue weighted by molar-refractivity contribution is 0.101. The summed E-state index contributed by atoms with van der Waals surface area (Å²) in [5.74, 6) is 0.0855. The third-order valence-electron chi connectivity index (χ3n) is 2.17. The average Bonchev–Trinajstić information content (AvgIpc) is 2.71. The highest BCUT2D eigenvalue weighted by atomic mass is 16.1. The number of benzene rings is 1. The van der Waals surface area contributed by atoms with E-state index in [9.17, 15) is 4.79 Å². The average molecular weight is 201 g/mol. The quantitative estimate of drug-likeness (QED) is 0.707. The fourth-order valence-electron chi connectivity index (χ4n) is 1.35. The lowest BCUT2D eigenvalue weighted by Crippen LogP contribution is -2.00. The van der Waals surface area contributed by atoms with Crippen molar-refractivity contribution >= 4 is 5.78 Å². The van der Waals surface area contributed by atoms with Crippen molar-refractivity contribution < 1.29 is 4.79 Å². The Bertz CT molecular complexity index is 445. The fourth-order valence-corrected chi connectivity index (χ4v) is 1.35. The summed E-state index contributed by atoms with van der Waals surface area (Å²) >= 11 is 0. The minimum Gasteiger partial charge on any atom is -0.295 e. The Labute approximate surface area is 87.6 Å². The highest BCUT2D eigenvalue weighted by molar-refractivity contribution is 5.93. The van der Waals surface area contributed by atoms with Gasteiger partial charge in [-0.25, -0.2) is 9.67 Å². The Balaban J connectivity index is 2.14. The number of rotatable bonds is 3. The molecule has 0 spiro atoms. The fraction of sp³-hybridized carbons (Fsp3) is 0.182. The first-order chi connectivity index (χ1) is 7.25. The number of Topliss-reactive ketones (excluding diaryl/α,β-unsaturated/α-hetero) is 1. The molecule has 4 nitrogen and oxygen atoms in total. The van der Waals surface area contributed by atoms with Crippen molar-refractivity contribution in [1.82, 2.24) is 14.8 Å². The molecule has 2 rings (SSSR count). The molecule has 1 aromatic heterocycles. The topological polar surface area (TPSA) is 47.8 Å². The van der Waals surface area contributed by atoms with E-state index in [4.69, 9.17) is 0 Å². The highest BCUT2D eigenvalue weighted by Gasteiger charge is 1.99. The van der Waals surface area contributed by atoms with Crippen molar-refractivity contribution in [3.63, 3.8) is 0 Å². The van der Waals surface area contributed by atoms with Crippen LogP contribution < -0.4 is 0 Å². The highest BCUT2D eigenvalue weighted by Crippen LogP contribution is 2.06. The number of hydrogen-bond acceptors (Lipinski definition) is 3. The van der Waals surface area contributed by atoms with Crippen LogP contribution in [0.1, 0.15) is 22.8 Å². The number of hydrogen-bond donors (Lipinski definition) is 0. The van der Waals surface area contributed by atoms with Gasteiger partial charge in [-0.2, -0.15) is 5.10 Å². The number of nitrogens with zero attached hydrogens (tertiary/aromatic N) is 3. The van der Waals surface area contributed by atoms with E-state index in [2.05, 4.69) is 10.1 Å². The molecule has 0 bridgehead atoms. The van der Waals surface area contributed by atoms with Gasteiger partial charge in [-0.05, 0) is 12.5 Å². The molecule has 0 N–H and O–H groups in total. The first-order valence-corrected chi connectivity index (χ1v) is 4.68. The van der Waals surface area contributed by atoms with Gasteiger partial charge in [0.1, 0.15) is 12.7 Å². The van der Waals surface area contributed by atoms with Crippen LogP contribution in [0.4, 0.5) is 0 Å². The molecule has 0 saturated heterocycles. The molecule has 4 heteroatoms. The molecule has 76 valence electrons. The van der Waals surface area contributed by atoms with E-state index in [1.165, 1.54) is 6.33 Å². The van der Waals surface area contributed by atoms with Crippen molar-refractivity contribution in [3.8, 4) is 0 Å². The van der Waals surface area contributed by atoms with Crippen LogP contribution in [0.25, 0.3) is 0 Å². The van der Waals surface area contributed by atoms with Crippen molar-refractivity contribution in [2.45, 2.75) is 13.5 Å². The summed E-state index contributed by atoms with van der Waals surface area (Å²) in [5.41, 5.74) is 1.84. The first kappa shape index (κ1) is 9.58. The van der Waals surface area contributed by atoms with E-state index >= 15 is 0 Å². The van der Waals surface area contributed by atoms with Crippen LogP contribution in [0.2, 0.25) is 0 Å². The number of carbonyl (C=O) groups is 1. The Morgan fingerprint density at radius 3 is 2.60 bits per heavy atom. The van der Waals surface area contributed by atoms with E-state index in [0.29, 0.717) is 6.54 Å². The molecule has 0 radical (unpaired) electrons. The molecule has 15 heavy (non-hydrogen) atoms. The maximum atomic E-state index is 11.0. The summed E-state index contributed by atoms with van der Waals surface area (Å²) in [6.07, 6.45) is 3.17. The van der Waals surface area contributed by atoms with Crippen molar-refractivity contribution in [1.29, 1.82) is 0 Å². The minimum absolute atomic E-state index is 0.0855. The van der Waals surface area contributed by atoms with Gasteiger partial charge in [0.05, 0.1) is 6.54 Å². The lowest BCUT2D eigenvalue weighted by Gasteiger charge is -2.01. The normalized spacial score (nSPS) is 10.2. The largest absolute Gasteiger partial charge is 0.295 e. The molecular formula is C11H11N3O. The molecule has 1 aromatic carbocycles. The number of aromatic nitrogens is 3. The monoisotopic (exact) mass is 201 g/mol. The Morgan fingerprint density at radius 2 is 2.07 bits per heavy atom. The van der Waals surface area contributed by atoms with Crippen LogP contribution in [-0.4, -0.2) is 20.5 Å². The molecular weight excluding hydrogens is 190 g/mol. The summed E-state index contributed by atoms with van der Waals surface area (Å²) < 4.78 is 1.74. The van der Waals surface area contributed by atoms with Gasteiger partial charge in [-0.1, -0.05) is 24.3 Å². The van der Waals surface area contributed by atoms with Gasteiger partial charge in [-0.3, -0.25) is 4.79 Å². The maximum absolute atomic E-state index is 11.0. The zero-order valence-electron chi connectivity index (χ0n) is 8.42. The van der Waals surface area contributed by atoms with Gasteiger partial charge in [0.25, 0.3) is 0 Å². The minimum atomic E-state index is 0.0855. The standard InChI is InChI=1S/C11H11N3O/c1-9(15)11-4-2-10(3-5-11)6-14-8-12-7-13-14/h2-5,7-8H,6H2,1H3. The van der Waals surface area contributed by atoms with Crippen LogP contribution in [0.3, 0.4) is 0 Å². The van der Waals surface area contributed by atoms with E-state index in [0.717, 1.165) is 11.1 Å². The predicted octanol–water partition coefficient (Wildman–Crippen LogP) is 1.53. The third-order valence-corrected chi connectivity index (χ3v) is 2.17. The lowest BCUT2D eigenvalue weighted by atomic mass is 10.1. The van der Waals surface area contributed by atoms with Crippen LogP contribution in [0, 0.1) is 0 Å². The van der Waals surface area contributed by atoms with Crippen molar-refractivity contribution in [3.05, 3.63) is 48.0 Å². The van der Waals surface area contributed by atoms with E-state index in [-0.39, 0.29) is 5.78 Å². The summed E-state index contributed by atoms with van der Waals surface area (Å²) in [6.45, 7) is 2.24. The smallest absolute Gasteiger partial charge is 0.159 e. The van der Waals surface area contributed by atoms with Gasteiger partial charge >= 0.3 is 0 Å². The van der Waals surface area contributed by atoms with Gasteiger partial charge in [0.2, 0.25) is 0 Å². The molecule has 0 unspecified atom stereocenters. The summed E-state index contributed by atoms with van der Waals surface area (Å²) in [7, 11) is 0. The van der Waals surface area contributed by atoms with Crippen LogP contribution in [0.15, 0.2) is 36.9 Å². The second kappa shape index (κ2) is 4.04. The van der Waals surface area contributed by atoms with Gasteiger partial charge in [0.15, 0.2) is 5.78 Å². The first-order valence-electron chi connectivity index (χ1n) is 4.68. The Kier molecular flexibility index (Phi) is 2.58. The molecule has 0 amide bonds.